The number of rotatable bonds is 2. The van der Waals surface area contributed by atoms with Gasteiger partial charge in [0.25, 0.3) is 0 Å². The van der Waals surface area contributed by atoms with Crippen LogP contribution in [0.25, 0.3) is 0 Å². The maximum Gasteiger partial charge on any atom is 0.194 e. The Bertz CT molecular complexity index is 647. The summed E-state index contributed by atoms with van der Waals surface area (Å²) in [5.74, 6) is -4.21. The summed E-state index contributed by atoms with van der Waals surface area (Å²) < 4.78 is 39.3. The minimum absolute atomic E-state index is 0.0498. The minimum atomic E-state index is -1.55. The zero-order chi connectivity index (χ0) is 15.0. The summed E-state index contributed by atoms with van der Waals surface area (Å²) in [4.78, 5) is 0. The van der Waals surface area contributed by atoms with Crippen LogP contribution >= 0.6 is 11.6 Å². The lowest BCUT2D eigenvalue weighted by Crippen LogP contribution is -2.05. The van der Waals surface area contributed by atoms with E-state index in [1.807, 2.05) is 0 Å². The van der Waals surface area contributed by atoms with Crippen LogP contribution in [0.1, 0.15) is 28.4 Å². The van der Waals surface area contributed by atoms with Crippen molar-refractivity contribution in [2.75, 3.05) is 0 Å². The fourth-order valence-electron chi connectivity index (χ4n) is 2.01. The summed E-state index contributed by atoms with van der Waals surface area (Å²) in [5.41, 5.74) is 1.83. The Labute approximate surface area is 119 Å². The molecule has 1 nitrogen and oxygen atoms in total. The Hall–Kier alpha value is -1.52. The first-order valence-corrected chi connectivity index (χ1v) is 6.28. The van der Waals surface area contributed by atoms with Gasteiger partial charge in [0.2, 0.25) is 0 Å². The predicted octanol–water partition coefficient (Wildman–Crippen LogP) is 4.46. The molecule has 0 heterocycles. The molecule has 2 aromatic rings. The number of hydrogen-bond donors (Lipinski definition) is 1. The Morgan fingerprint density at radius 3 is 2.05 bits per heavy atom. The van der Waals surface area contributed by atoms with Crippen LogP contribution in [-0.4, -0.2) is 5.11 Å². The molecule has 1 N–H and O–H groups in total. The number of hydrogen-bond acceptors (Lipinski definition) is 1. The number of aryl methyl sites for hydroxylation is 2. The van der Waals surface area contributed by atoms with E-state index in [1.165, 1.54) is 0 Å². The largest absolute Gasteiger partial charge is 0.384 e. The number of aliphatic hydroxyl groups excluding tert-OH is 1. The quantitative estimate of drug-likeness (QED) is 0.812. The molecule has 20 heavy (non-hydrogen) atoms. The van der Waals surface area contributed by atoms with Crippen LogP contribution in [-0.2, 0) is 0 Å². The molecular formula is C15H12ClF3O. The lowest BCUT2D eigenvalue weighted by atomic mass is 9.95. The van der Waals surface area contributed by atoms with Gasteiger partial charge in [-0.2, -0.15) is 0 Å². The Balaban J connectivity index is 2.51. The lowest BCUT2D eigenvalue weighted by Gasteiger charge is -2.16. The molecule has 0 fully saturated rings. The van der Waals surface area contributed by atoms with E-state index in [-0.39, 0.29) is 5.56 Å². The SMILES string of the molecule is Cc1cc(C(O)c2cc(F)c(F)c(F)c2)c(C)cc1Cl. The smallest absolute Gasteiger partial charge is 0.194 e. The molecule has 0 aliphatic carbocycles. The number of benzene rings is 2. The van der Waals surface area contributed by atoms with Crippen LogP contribution in [0, 0.1) is 31.3 Å². The number of aliphatic hydroxyl groups is 1. The summed E-state index contributed by atoms with van der Waals surface area (Å²) >= 11 is 5.96. The molecule has 0 aliphatic heterocycles. The van der Waals surface area contributed by atoms with Crippen molar-refractivity contribution in [1.82, 2.24) is 0 Å². The Kier molecular flexibility index (Phi) is 4.06. The number of halogens is 4. The Morgan fingerprint density at radius 2 is 1.50 bits per heavy atom. The first-order chi connectivity index (χ1) is 9.31. The second kappa shape index (κ2) is 5.46. The highest BCUT2D eigenvalue weighted by molar-refractivity contribution is 6.31. The molecule has 0 spiro atoms. The molecule has 0 aliphatic rings. The van der Waals surface area contributed by atoms with Crippen molar-refractivity contribution >= 4 is 11.6 Å². The summed E-state index contributed by atoms with van der Waals surface area (Å²) in [6.07, 6.45) is -1.25. The van der Waals surface area contributed by atoms with Crippen LogP contribution in [0.5, 0.6) is 0 Å². The molecule has 106 valence electrons. The van der Waals surface area contributed by atoms with E-state index in [0.29, 0.717) is 16.1 Å². The summed E-state index contributed by atoms with van der Waals surface area (Å²) in [5, 5.41) is 10.8. The average Bonchev–Trinajstić information content (AvgIpc) is 2.38. The fourth-order valence-corrected chi connectivity index (χ4v) is 2.23. The standard InChI is InChI=1S/C15H12ClF3O/c1-7-4-11(16)8(2)3-10(7)15(20)9-5-12(17)14(19)13(18)6-9/h3-6,15,20H,1-2H3. The Morgan fingerprint density at radius 1 is 0.950 bits per heavy atom. The van der Waals surface area contributed by atoms with Crippen molar-refractivity contribution < 1.29 is 18.3 Å². The maximum absolute atomic E-state index is 13.2. The molecular weight excluding hydrogens is 289 g/mol. The molecule has 2 rings (SSSR count). The summed E-state index contributed by atoms with van der Waals surface area (Å²) in [6, 6.07) is 4.87. The monoisotopic (exact) mass is 300 g/mol. The molecule has 5 heteroatoms. The van der Waals surface area contributed by atoms with Crippen LogP contribution in [0.15, 0.2) is 24.3 Å². The van der Waals surface area contributed by atoms with Gasteiger partial charge in [-0.05, 0) is 54.3 Å². The second-order valence-corrected chi connectivity index (χ2v) is 5.07. The van der Waals surface area contributed by atoms with Crippen LogP contribution in [0.3, 0.4) is 0 Å². The van der Waals surface area contributed by atoms with E-state index < -0.39 is 23.6 Å². The van der Waals surface area contributed by atoms with E-state index in [1.54, 1.807) is 26.0 Å². The summed E-state index contributed by atoms with van der Waals surface area (Å²) in [6.45, 7) is 3.48. The van der Waals surface area contributed by atoms with E-state index in [4.69, 9.17) is 11.6 Å². The van der Waals surface area contributed by atoms with Crippen molar-refractivity contribution in [3.63, 3.8) is 0 Å². The van der Waals surface area contributed by atoms with Crippen LogP contribution in [0.2, 0.25) is 5.02 Å². The van der Waals surface area contributed by atoms with Gasteiger partial charge in [0.15, 0.2) is 17.5 Å². The zero-order valence-corrected chi connectivity index (χ0v) is 11.6. The van der Waals surface area contributed by atoms with Gasteiger partial charge < -0.3 is 5.11 Å². The van der Waals surface area contributed by atoms with E-state index in [0.717, 1.165) is 17.7 Å². The van der Waals surface area contributed by atoms with Crippen molar-refractivity contribution in [3.8, 4) is 0 Å². The molecule has 0 saturated carbocycles. The lowest BCUT2D eigenvalue weighted by molar-refractivity contribution is 0.218. The van der Waals surface area contributed by atoms with Crippen molar-refractivity contribution in [2.45, 2.75) is 20.0 Å². The van der Waals surface area contributed by atoms with Gasteiger partial charge in [-0.25, -0.2) is 13.2 Å². The van der Waals surface area contributed by atoms with Crippen molar-refractivity contribution in [2.24, 2.45) is 0 Å². The predicted molar refractivity (Wildman–Crippen MR) is 71.3 cm³/mol. The van der Waals surface area contributed by atoms with Gasteiger partial charge in [-0.15, -0.1) is 0 Å². The van der Waals surface area contributed by atoms with E-state index >= 15 is 0 Å². The molecule has 0 radical (unpaired) electrons. The molecule has 1 unspecified atom stereocenters. The highest BCUT2D eigenvalue weighted by Crippen LogP contribution is 2.30. The third-order valence-electron chi connectivity index (χ3n) is 3.16. The van der Waals surface area contributed by atoms with Crippen LogP contribution < -0.4 is 0 Å². The molecule has 0 bridgehead atoms. The highest BCUT2D eigenvalue weighted by atomic mass is 35.5. The molecule has 0 aromatic heterocycles. The third-order valence-corrected chi connectivity index (χ3v) is 3.57. The van der Waals surface area contributed by atoms with Gasteiger partial charge in [0.1, 0.15) is 6.10 Å². The molecule has 1 atom stereocenters. The first kappa shape index (κ1) is 14.9. The molecule has 2 aromatic carbocycles. The van der Waals surface area contributed by atoms with Gasteiger partial charge in [0.05, 0.1) is 0 Å². The van der Waals surface area contributed by atoms with Gasteiger partial charge in [0, 0.05) is 5.02 Å². The van der Waals surface area contributed by atoms with Gasteiger partial charge in [-0.3, -0.25) is 0 Å². The average molecular weight is 301 g/mol. The van der Waals surface area contributed by atoms with E-state index in [2.05, 4.69) is 0 Å². The van der Waals surface area contributed by atoms with Crippen molar-refractivity contribution in [3.05, 3.63) is 69.0 Å². The van der Waals surface area contributed by atoms with Crippen LogP contribution in [0.4, 0.5) is 13.2 Å². The second-order valence-electron chi connectivity index (χ2n) is 4.66. The fraction of sp³-hybridized carbons (Fsp3) is 0.200. The zero-order valence-electron chi connectivity index (χ0n) is 10.8. The third kappa shape index (κ3) is 2.67. The minimum Gasteiger partial charge on any atom is -0.384 e. The topological polar surface area (TPSA) is 20.2 Å². The van der Waals surface area contributed by atoms with Gasteiger partial charge in [-0.1, -0.05) is 17.7 Å². The normalized spacial score (nSPS) is 12.6. The molecule has 0 amide bonds. The first-order valence-electron chi connectivity index (χ1n) is 5.90. The summed E-state index contributed by atoms with van der Waals surface area (Å²) in [7, 11) is 0. The highest BCUT2D eigenvalue weighted by Gasteiger charge is 2.19. The van der Waals surface area contributed by atoms with Crippen molar-refractivity contribution in [1.29, 1.82) is 0 Å². The molecule has 0 saturated heterocycles. The van der Waals surface area contributed by atoms with E-state index in [9.17, 15) is 18.3 Å². The van der Waals surface area contributed by atoms with Gasteiger partial charge >= 0.3 is 0 Å². The maximum atomic E-state index is 13.2.